The van der Waals surface area contributed by atoms with Crippen molar-refractivity contribution in [1.29, 1.82) is 0 Å². The van der Waals surface area contributed by atoms with Gasteiger partial charge >= 0.3 is 0 Å². The van der Waals surface area contributed by atoms with Gasteiger partial charge in [-0.15, -0.1) is 0 Å². The van der Waals surface area contributed by atoms with E-state index in [1.165, 1.54) is 12.8 Å². The largest absolute Gasteiger partial charge is 0.342 e. The highest BCUT2D eigenvalue weighted by atomic mass is 16.2. The summed E-state index contributed by atoms with van der Waals surface area (Å²) in [5.74, 6) is 1.49. The molecule has 0 heterocycles. The van der Waals surface area contributed by atoms with E-state index in [9.17, 15) is 4.79 Å². The van der Waals surface area contributed by atoms with Gasteiger partial charge < -0.3 is 10.6 Å². The highest BCUT2D eigenvalue weighted by molar-refractivity contribution is 5.79. The third-order valence-electron chi connectivity index (χ3n) is 3.81. The van der Waals surface area contributed by atoms with E-state index in [2.05, 4.69) is 20.8 Å². The fourth-order valence-electron chi connectivity index (χ4n) is 2.87. The van der Waals surface area contributed by atoms with Gasteiger partial charge in [-0.05, 0) is 38.1 Å². The van der Waals surface area contributed by atoms with Gasteiger partial charge in [0.05, 0.1) is 0 Å². The summed E-state index contributed by atoms with van der Waals surface area (Å²) >= 11 is 0. The van der Waals surface area contributed by atoms with Crippen molar-refractivity contribution in [2.24, 2.45) is 23.5 Å². The van der Waals surface area contributed by atoms with Gasteiger partial charge in [-0.25, -0.2) is 0 Å². The van der Waals surface area contributed by atoms with E-state index in [1.807, 2.05) is 4.90 Å². The number of nitrogens with two attached hydrogens (primary N) is 1. The Bertz CT molecular complexity index is 240. The van der Waals surface area contributed by atoms with Crippen molar-refractivity contribution in [1.82, 2.24) is 4.90 Å². The van der Waals surface area contributed by atoms with Crippen LogP contribution in [0.2, 0.25) is 0 Å². The van der Waals surface area contributed by atoms with Crippen molar-refractivity contribution < 1.29 is 4.79 Å². The molecule has 0 saturated heterocycles. The Morgan fingerprint density at radius 1 is 1.35 bits per heavy atom. The van der Waals surface area contributed by atoms with E-state index in [0.29, 0.717) is 24.3 Å². The van der Waals surface area contributed by atoms with Crippen molar-refractivity contribution in [2.45, 2.75) is 46.5 Å². The second-order valence-corrected chi connectivity index (χ2v) is 5.66. The number of carbonyl (C=O) groups excluding carboxylic acids is 1. The Labute approximate surface area is 106 Å². The zero-order valence-corrected chi connectivity index (χ0v) is 11.6. The molecule has 100 valence electrons. The highest BCUT2D eigenvalue weighted by Crippen LogP contribution is 2.30. The van der Waals surface area contributed by atoms with E-state index in [0.717, 1.165) is 25.9 Å². The van der Waals surface area contributed by atoms with Gasteiger partial charge in [0.1, 0.15) is 0 Å². The summed E-state index contributed by atoms with van der Waals surface area (Å²) in [6.45, 7) is 8.76. The monoisotopic (exact) mass is 240 g/mol. The summed E-state index contributed by atoms with van der Waals surface area (Å²) in [6.07, 6.45) is 4.59. The van der Waals surface area contributed by atoms with Crippen LogP contribution in [0.15, 0.2) is 0 Å². The lowest BCUT2D eigenvalue weighted by molar-refractivity contribution is -0.138. The zero-order valence-electron chi connectivity index (χ0n) is 11.6. The Morgan fingerprint density at radius 3 is 2.53 bits per heavy atom. The van der Waals surface area contributed by atoms with E-state index < -0.39 is 0 Å². The molecule has 17 heavy (non-hydrogen) atoms. The molecule has 2 N–H and O–H groups in total. The predicted molar refractivity (Wildman–Crippen MR) is 71.6 cm³/mol. The first kappa shape index (κ1) is 14.5. The summed E-state index contributed by atoms with van der Waals surface area (Å²) in [6, 6.07) is 0. The molecular formula is C14H28N2O. The summed E-state index contributed by atoms with van der Waals surface area (Å²) in [5, 5.41) is 0. The van der Waals surface area contributed by atoms with Crippen molar-refractivity contribution in [3.63, 3.8) is 0 Å². The fraction of sp³-hybridized carbons (Fsp3) is 0.929. The molecule has 2 unspecified atom stereocenters. The molecule has 0 bridgehead atoms. The van der Waals surface area contributed by atoms with E-state index in [1.54, 1.807) is 0 Å². The van der Waals surface area contributed by atoms with E-state index >= 15 is 0 Å². The molecule has 0 aromatic rings. The summed E-state index contributed by atoms with van der Waals surface area (Å²) in [5.41, 5.74) is 5.80. The van der Waals surface area contributed by atoms with Gasteiger partial charge in [-0.2, -0.15) is 0 Å². The molecule has 1 aliphatic carbocycles. The third kappa shape index (κ3) is 3.98. The van der Waals surface area contributed by atoms with Crippen molar-refractivity contribution in [3.05, 3.63) is 0 Å². The van der Waals surface area contributed by atoms with Crippen LogP contribution in [0.25, 0.3) is 0 Å². The number of rotatable bonds is 5. The predicted octanol–water partition coefficient (Wildman–Crippen LogP) is 2.26. The van der Waals surface area contributed by atoms with Crippen molar-refractivity contribution in [3.8, 4) is 0 Å². The van der Waals surface area contributed by atoms with Crippen LogP contribution in [0.5, 0.6) is 0 Å². The van der Waals surface area contributed by atoms with Crippen LogP contribution in [0.1, 0.15) is 46.5 Å². The molecule has 1 fully saturated rings. The number of nitrogens with zero attached hydrogens (tertiary/aromatic N) is 1. The Balaban J connectivity index is 2.64. The molecule has 3 heteroatoms. The lowest BCUT2D eigenvalue weighted by Crippen LogP contribution is -2.43. The minimum absolute atomic E-state index is 0.187. The molecule has 0 aromatic carbocycles. The van der Waals surface area contributed by atoms with Crippen LogP contribution in [0.4, 0.5) is 0 Å². The van der Waals surface area contributed by atoms with Crippen molar-refractivity contribution in [2.75, 3.05) is 19.6 Å². The van der Waals surface area contributed by atoms with E-state index in [-0.39, 0.29) is 5.92 Å². The molecule has 1 rings (SSSR count). The smallest absolute Gasteiger partial charge is 0.226 e. The number of amides is 1. The minimum atomic E-state index is 0.187. The average molecular weight is 240 g/mol. The summed E-state index contributed by atoms with van der Waals surface area (Å²) in [4.78, 5) is 14.5. The zero-order chi connectivity index (χ0) is 12.8. The van der Waals surface area contributed by atoms with E-state index in [4.69, 9.17) is 5.73 Å². The molecule has 1 amide bonds. The summed E-state index contributed by atoms with van der Waals surface area (Å²) in [7, 11) is 0. The Morgan fingerprint density at radius 2 is 2.00 bits per heavy atom. The number of carbonyl (C=O) groups is 1. The van der Waals surface area contributed by atoms with Crippen LogP contribution in [-0.2, 0) is 4.79 Å². The SMILES string of the molecule is CCN(CC(C)C)C(=O)C1CCCCC1CN. The standard InChI is InChI=1S/C14H28N2O/c1-4-16(10-11(2)3)14(17)13-8-6-5-7-12(13)9-15/h11-13H,4-10,15H2,1-3H3. The topological polar surface area (TPSA) is 46.3 Å². The molecule has 0 aromatic heterocycles. The van der Waals surface area contributed by atoms with Crippen LogP contribution in [0.3, 0.4) is 0 Å². The average Bonchev–Trinajstić information content (AvgIpc) is 2.34. The highest BCUT2D eigenvalue weighted by Gasteiger charge is 2.32. The lowest BCUT2D eigenvalue weighted by Gasteiger charge is -2.34. The quantitative estimate of drug-likeness (QED) is 0.801. The molecule has 3 nitrogen and oxygen atoms in total. The molecule has 0 spiro atoms. The molecule has 2 atom stereocenters. The third-order valence-corrected chi connectivity index (χ3v) is 3.81. The van der Waals surface area contributed by atoms with Gasteiger partial charge in [0, 0.05) is 19.0 Å². The molecule has 0 radical (unpaired) electrons. The number of hydrogen-bond acceptors (Lipinski definition) is 2. The van der Waals surface area contributed by atoms with Crippen LogP contribution in [0, 0.1) is 17.8 Å². The minimum Gasteiger partial charge on any atom is -0.342 e. The molecule has 1 saturated carbocycles. The molecule has 1 aliphatic rings. The first-order chi connectivity index (χ1) is 8.10. The lowest BCUT2D eigenvalue weighted by atomic mass is 9.78. The molecular weight excluding hydrogens is 212 g/mol. The van der Waals surface area contributed by atoms with Gasteiger partial charge in [0.15, 0.2) is 0 Å². The first-order valence-corrected chi connectivity index (χ1v) is 7.09. The number of hydrogen-bond donors (Lipinski definition) is 1. The Kier molecular flexibility index (Phi) is 5.96. The van der Waals surface area contributed by atoms with Crippen molar-refractivity contribution >= 4 is 5.91 Å². The maximum atomic E-state index is 12.5. The second-order valence-electron chi connectivity index (χ2n) is 5.66. The summed E-state index contributed by atoms with van der Waals surface area (Å²) < 4.78 is 0. The fourth-order valence-corrected chi connectivity index (χ4v) is 2.87. The van der Waals surface area contributed by atoms with Gasteiger partial charge in [-0.1, -0.05) is 26.7 Å². The molecule has 0 aliphatic heterocycles. The maximum Gasteiger partial charge on any atom is 0.226 e. The Hall–Kier alpha value is -0.570. The normalized spacial score (nSPS) is 25.0. The van der Waals surface area contributed by atoms with Gasteiger partial charge in [-0.3, -0.25) is 4.79 Å². The maximum absolute atomic E-state index is 12.5. The van der Waals surface area contributed by atoms with Crippen LogP contribution in [-0.4, -0.2) is 30.4 Å². The van der Waals surface area contributed by atoms with Crippen LogP contribution >= 0.6 is 0 Å². The second kappa shape index (κ2) is 7.00. The van der Waals surface area contributed by atoms with Crippen LogP contribution < -0.4 is 5.73 Å². The van der Waals surface area contributed by atoms with Gasteiger partial charge in [0.25, 0.3) is 0 Å². The first-order valence-electron chi connectivity index (χ1n) is 7.09. The van der Waals surface area contributed by atoms with Gasteiger partial charge in [0.2, 0.25) is 5.91 Å².